The van der Waals surface area contributed by atoms with Crippen molar-refractivity contribution >= 4 is 16.8 Å². The van der Waals surface area contributed by atoms with E-state index in [0.717, 1.165) is 12.8 Å². The lowest BCUT2D eigenvalue weighted by atomic mass is 10.1. The Bertz CT molecular complexity index is 630. The molecule has 1 aliphatic carbocycles. The van der Waals surface area contributed by atoms with E-state index in [1.807, 2.05) is 0 Å². The minimum Gasteiger partial charge on any atom is -0.375 e. The summed E-state index contributed by atoms with van der Waals surface area (Å²) in [5.41, 5.74) is 5.06. The molecule has 1 atom stereocenters. The van der Waals surface area contributed by atoms with Gasteiger partial charge >= 0.3 is 0 Å². The van der Waals surface area contributed by atoms with Gasteiger partial charge in [0.2, 0.25) is 5.91 Å². The Kier molecular flexibility index (Phi) is 3.03. The monoisotopic (exact) mass is 258 g/mol. The summed E-state index contributed by atoms with van der Waals surface area (Å²) >= 11 is 0. The number of rotatable bonds is 3. The third-order valence-electron chi connectivity index (χ3n) is 3.69. The summed E-state index contributed by atoms with van der Waals surface area (Å²) in [6.45, 7) is 2.23. The number of benzene rings is 1. The third kappa shape index (κ3) is 2.24. The molecular formula is C15H18N2O2. The molecule has 0 bridgehead atoms. The van der Waals surface area contributed by atoms with E-state index in [-0.39, 0.29) is 18.6 Å². The van der Waals surface area contributed by atoms with Crippen LogP contribution in [-0.4, -0.2) is 30.6 Å². The van der Waals surface area contributed by atoms with Gasteiger partial charge in [-0.25, -0.2) is 0 Å². The minimum atomic E-state index is -0.0434. The Balaban J connectivity index is 1.81. The van der Waals surface area contributed by atoms with E-state index in [2.05, 4.69) is 35.4 Å². The molecule has 4 heteroatoms. The van der Waals surface area contributed by atoms with Gasteiger partial charge in [0.05, 0.1) is 0 Å². The first-order valence-corrected chi connectivity index (χ1v) is 6.55. The molecule has 1 aliphatic rings. The van der Waals surface area contributed by atoms with Crippen molar-refractivity contribution in [3.05, 3.63) is 35.0 Å². The molecule has 1 aromatic carbocycles. The number of aryl methyl sites for hydroxylation is 1. The number of fused-ring (bicyclic) bond motifs is 3. The molecule has 1 aromatic heterocycles. The van der Waals surface area contributed by atoms with Crippen molar-refractivity contribution in [1.29, 1.82) is 0 Å². The van der Waals surface area contributed by atoms with Crippen LogP contribution in [0.3, 0.4) is 0 Å². The summed E-state index contributed by atoms with van der Waals surface area (Å²) in [7, 11) is 1.53. The number of carbonyl (C=O) groups excluding carboxylic acids is 1. The quantitative estimate of drug-likeness (QED) is 0.880. The van der Waals surface area contributed by atoms with Gasteiger partial charge < -0.3 is 15.0 Å². The molecule has 0 radical (unpaired) electrons. The molecule has 2 N–H and O–H groups in total. The summed E-state index contributed by atoms with van der Waals surface area (Å²) in [4.78, 5) is 15.0. The van der Waals surface area contributed by atoms with Gasteiger partial charge in [0.1, 0.15) is 6.61 Å². The van der Waals surface area contributed by atoms with Crippen LogP contribution in [0.2, 0.25) is 0 Å². The van der Waals surface area contributed by atoms with E-state index in [9.17, 15) is 4.79 Å². The summed E-state index contributed by atoms with van der Waals surface area (Å²) in [6.07, 6.45) is 1.77. The lowest BCUT2D eigenvalue weighted by molar-refractivity contribution is -0.125. The number of nitrogens with one attached hydrogen (secondary N) is 2. The molecule has 1 unspecified atom stereocenters. The van der Waals surface area contributed by atoms with E-state index in [1.165, 1.54) is 34.8 Å². The Morgan fingerprint density at radius 3 is 3.11 bits per heavy atom. The highest BCUT2D eigenvalue weighted by molar-refractivity contribution is 5.86. The highest BCUT2D eigenvalue weighted by Crippen LogP contribution is 2.30. The number of carbonyl (C=O) groups is 1. The predicted molar refractivity (Wildman–Crippen MR) is 74.3 cm³/mol. The van der Waals surface area contributed by atoms with Gasteiger partial charge in [-0.3, -0.25) is 4.79 Å². The fourth-order valence-corrected chi connectivity index (χ4v) is 2.89. The van der Waals surface area contributed by atoms with Crippen molar-refractivity contribution in [1.82, 2.24) is 10.3 Å². The second kappa shape index (κ2) is 4.70. The molecular weight excluding hydrogens is 240 g/mol. The molecule has 0 fully saturated rings. The van der Waals surface area contributed by atoms with E-state index in [4.69, 9.17) is 4.74 Å². The summed E-state index contributed by atoms with van der Waals surface area (Å²) in [5, 5.41) is 4.30. The van der Waals surface area contributed by atoms with E-state index < -0.39 is 0 Å². The van der Waals surface area contributed by atoms with E-state index in [1.54, 1.807) is 0 Å². The minimum absolute atomic E-state index is 0.0434. The topological polar surface area (TPSA) is 54.1 Å². The maximum atomic E-state index is 11.5. The molecule has 0 saturated heterocycles. The van der Waals surface area contributed by atoms with Gasteiger partial charge in [0, 0.05) is 36.2 Å². The number of H-pyrrole nitrogens is 1. The van der Waals surface area contributed by atoms with Crippen molar-refractivity contribution in [2.24, 2.45) is 0 Å². The maximum Gasteiger partial charge on any atom is 0.246 e. The smallest absolute Gasteiger partial charge is 0.246 e. The van der Waals surface area contributed by atoms with Crippen LogP contribution < -0.4 is 5.32 Å². The average Bonchev–Trinajstić information content (AvgIpc) is 2.87. The molecule has 0 saturated carbocycles. The number of hydrogen-bond acceptors (Lipinski definition) is 2. The van der Waals surface area contributed by atoms with Gasteiger partial charge in [-0.05, 0) is 31.0 Å². The molecule has 19 heavy (non-hydrogen) atoms. The first-order valence-electron chi connectivity index (χ1n) is 6.55. The second-order valence-corrected chi connectivity index (χ2v) is 5.24. The summed E-state index contributed by atoms with van der Waals surface area (Å²) in [6, 6.07) is 6.64. The molecule has 1 heterocycles. The molecule has 2 aromatic rings. The van der Waals surface area contributed by atoms with Gasteiger partial charge in [-0.2, -0.15) is 0 Å². The lowest BCUT2D eigenvalue weighted by Gasteiger charge is -2.11. The zero-order chi connectivity index (χ0) is 13.4. The SMILES string of the molecule is COCC(=O)NC1Cc2[nH]c3ccc(C)cc3c2C1. The highest BCUT2D eigenvalue weighted by Gasteiger charge is 2.26. The molecule has 4 nitrogen and oxygen atoms in total. The van der Waals surface area contributed by atoms with Gasteiger partial charge in [0.15, 0.2) is 0 Å². The maximum absolute atomic E-state index is 11.5. The van der Waals surface area contributed by atoms with Crippen molar-refractivity contribution in [3.63, 3.8) is 0 Å². The van der Waals surface area contributed by atoms with Crippen molar-refractivity contribution in [2.45, 2.75) is 25.8 Å². The van der Waals surface area contributed by atoms with Gasteiger partial charge in [-0.1, -0.05) is 11.6 Å². The number of hydrogen-bond donors (Lipinski definition) is 2. The largest absolute Gasteiger partial charge is 0.375 e. The number of methoxy groups -OCH3 is 1. The number of aromatic nitrogens is 1. The molecule has 1 amide bonds. The highest BCUT2D eigenvalue weighted by atomic mass is 16.5. The zero-order valence-corrected chi connectivity index (χ0v) is 11.2. The number of ether oxygens (including phenoxy) is 1. The normalized spacial score (nSPS) is 17.7. The van der Waals surface area contributed by atoms with E-state index >= 15 is 0 Å². The third-order valence-corrected chi connectivity index (χ3v) is 3.69. The fraction of sp³-hybridized carbons (Fsp3) is 0.400. The second-order valence-electron chi connectivity index (χ2n) is 5.24. The summed E-state index contributed by atoms with van der Waals surface area (Å²) < 4.78 is 4.84. The number of amides is 1. The van der Waals surface area contributed by atoms with Crippen molar-refractivity contribution < 1.29 is 9.53 Å². The van der Waals surface area contributed by atoms with Gasteiger partial charge in [-0.15, -0.1) is 0 Å². The molecule has 0 spiro atoms. The van der Waals surface area contributed by atoms with Crippen molar-refractivity contribution in [2.75, 3.05) is 13.7 Å². The molecule has 0 aliphatic heterocycles. The van der Waals surface area contributed by atoms with Crippen LogP contribution >= 0.6 is 0 Å². The first-order chi connectivity index (χ1) is 9.17. The van der Waals surface area contributed by atoms with Crippen LogP contribution in [-0.2, 0) is 22.4 Å². The van der Waals surface area contributed by atoms with Crippen LogP contribution in [0.4, 0.5) is 0 Å². The fourth-order valence-electron chi connectivity index (χ4n) is 2.89. The van der Waals surface area contributed by atoms with Crippen LogP contribution in [0.5, 0.6) is 0 Å². The Morgan fingerprint density at radius 2 is 2.32 bits per heavy atom. The average molecular weight is 258 g/mol. The summed E-state index contributed by atoms with van der Waals surface area (Å²) in [5.74, 6) is -0.0434. The van der Waals surface area contributed by atoms with Crippen LogP contribution in [0.1, 0.15) is 16.8 Å². The Morgan fingerprint density at radius 1 is 1.47 bits per heavy atom. The molecule has 3 rings (SSSR count). The number of aromatic amines is 1. The standard InChI is InChI=1S/C15H18N2O2/c1-9-3-4-13-11(5-9)12-6-10(7-14(12)17-13)16-15(18)8-19-2/h3-5,10,17H,6-8H2,1-2H3,(H,16,18). The first kappa shape index (κ1) is 12.2. The van der Waals surface area contributed by atoms with Crippen LogP contribution in [0.25, 0.3) is 10.9 Å². The Hall–Kier alpha value is -1.81. The predicted octanol–water partition coefficient (Wildman–Crippen LogP) is 1.71. The van der Waals surface area contributed by atoms with E-state index in [0.29, 0.717) is 0 Å². The Labute approximate surface area is 112 Å². The molecule has 100 valence electrons. The lowest BCUT2D eigenvalue weighted by Crippen LogP contribution is -2.37. The van der Waals surface area contributed by atoms with Crippen LogP contribution in [0, 0.1) is 6.92 Å². The van der Waals surface area contributed by atoms with Crippen LogP contribution in [0.15, 0.2) is 18.2 Å². The zero-order valence-electron chi connectivity index (χ0n) is 11.2. The van der Waals surface area contributed by atoms with Gasteiger partial charge in [0.25, 0.3) is 0 Å². The van der Waals surface area contributed by atoms with Crippen molar-refractivity contribution in [3.8, 4) is 0 Å².